The standard InChI is InChI=1S/C22H21BrN2O4/c1-4-14(3)29-19-10-7-15(12-18(19)23)11-17-20(26)24-22(28)25(21(17)27)16-8-5-13(2)6-9-16/h5-12,14H,4H2,1-3H3,(H,24,26,28)/b17-11+/t14-/m1/s1. The predicted octanol–water partition coefficient (Wildman–Crippen LogP) is 4.60. The van der Waals surface area contributed by atoms with Gasteiger partial charge in [0.1, 0.15) is 11.3 Å². The molecule has 0 aliphatic carbocycles. The largest absolute Gasteiger partial charge is 0.490 e. The fourth-order valence-corrected chi connectivity index (χ4v) is 3.24. The Labute approximate surface area is 177 Å². The molecule has 6 nitrogen and oxygen atoms in total. The SMILES string of the molecule is CC[C@@H](C)Oc1ccc(/C=C2\C(=O)NC(=O)N(c3ccc(C)cc3)C2=O)cc1Br. The summed E-state index contributed by atoms with van der Waals surface area (Å²) >= 11 is 3.46. The van der Waals surface area contributed by atoms with Crippen LogP contribution in [0.1, 0.15) is 31.4 Å². The van der Waals surface area contributed by atoms with Crippen LogP contribution in [-0.2, 0) is 9.59 Å². The summed E-state index contributed by atoms with van der Waals surface area (Å²) in [5.74, 6) is -0.713. The van der Waals surface area contributed by atoms with E-state index in [9.17, 15) is 14.4 Å². The maximum atomic E-state index is 12.9. The molecule has 2 aromatic carbocycles. The molecule has 150 valence electrons. The number of amides is 4. The summed E-state index contributed by atoms with van der Waals surface area (Å²) < 4.78 is 6.52. The van der Waals surface area contributed by atoms with Crippen molar-refractivity contribution in [2.24, 2.45) is 0 Å². The third kappa shape index (κ3) is 4.56. The zero-order valence-corrected chi connectivity index (χ0v) is 17.9. The highest BCUT2D eigenvalue weighted by atomic mass is 79.9. The normalized spacial score (nSPS) is 16.8. The Kier molecular flexibility index (Phi) is 6.17. The first-order valence-electron chi connectivity index (χ1n) is 9.24. The molecule has 0 bridgehead atoms. The molecule has 0 radical (unpaired) electrons. The van der Waals surface area contributed by atoms with Crippen LogP contribution in [0.2, 0.25) is 0 Å². The van der Waals surface area contributed by atoms with E-state index in [-0.39, 0.29) is 11.7 Å². The van der Waals surface area contributed by atoms with Crippen LogP contribution in [-0.4, -0.2) is 23.9 Å². The van der Waals surface area contributed by atoms with E-state index in [0.717, 1.165) is 16.9 Å². The zero-order chi connectivity index (χ0) is 21.1. The number of benzene rings is 2. The lowest BCUT2D eigenvalue weighted by Crippen LogP contribution is -2.54. The number of carbonyl (C=O) groups excluding carboxylic acids is 3. The van der Waals surface area contributed by atoms with E-state index >= 15 is 0 Å². The molecule has 1 heterocycles. The van der Waals surface area contributed by atoms with Gasteiger partial charge in [0, 0.05) is 0 Å². The number of hydrogen-bond acceptors (Lipinski definition) is 4. The Morgan fingerprint density at radius 3 is 2.45 bits per heavy atom. The summed E-state index contributed by atoms with van der Waals surface area (Å²) in [4.78, 5) is 38.4. The molecule has 0 spiro atoms. The molecule has 4 amide bonds. The van der Waals surface area contributed by atoms with Crippen LogP contribution in [0.25, 0.3) is 6.08 Å². The van der Waals surface area contributed by atoms with Crippen molar-refractivity contribution in [3.05, 3.63) is 63.6 Å². The molecule has 1 atom stereocenters. The highest BCUT2D eigenvalue weighted by molar-refractivity contribution is 9.10. The average Bonchev–Trinajstić information content (AvgIpc) is 2.68. The van der Waals surface area contributed by atoms with Crippen LogP contribution in [0.3, 0.4) is 0 Å². The van der Waals surface area contributed by atoms with E-state index in [4.69, 9.17) is 4.74 Å². The number of rotatable bonds is 5. The second-order valence-corrected chi connectivity index (χ2v) is 7.67. The van der Waals surface area contributed by atoms with Crippen molar-refractivity contribution in [2.75, 3.05) is 4.90 Å². The Balaban J connectivity index is 1.92. The quantitative estimate of drug-likeness (QED) is 0.526. The minimum absolute atomic E-state index is 0.0651. The van der Waals surface area contributed by atoms with E-state index in [1.54, 1.807) is 42.5 Å². The molecule has 29 heavy (non-hydrogen) atoms. The number of halogens is 1. The van der Waals surface area contributed by atoms with Crippen LogP contribution >= 0.6 is 15.9 Å². The molecule has 1 fully saturated rings. The van der Waals surface area contributed by atoms with Crippen molar-refractivity contribution in [1.29, 1.82) is 0 Å². The summed E-state index contributed by atoms with van der Waals surface area (Å²) in [5.41, 5.74) is 1.91. The Hall–Kier alpha value is -2.93. The maximum Gasteiger partial charge on any atom is 0.335 e. The van der Waals surface area contributed by atoms with Crippen LogP contribution < -0.4 is 15.0 Å². The van der Waals surface area contributed by atoms with Crippen molar-refractivity contribution in [3.8, 4) is 5.75 Å². The third-order valence-corrected chi connectivity index (χ3v) is 5.18. The number of carbonyl (C=O) groups is 3. The van der Waals surface area contributed by atoms with Crippen molar-refractivity contribution >= 4 is 45.5 Å². The van der Waals surface area contributed by atoms with Crippen molar-refractivity contribution < 1.29 is 19.1 Å². The summed E-state index contributed by atoms with van der Waals surface area (Å²) in [6.07, 6.45) is 2.40. The van der Waals surface area contributed by atoms with Crippen molar-refractivity contribution in [3.63, 3.8) is 0 Å². The lowest BCUT2D eigenvalue weighted by molar-refractivity contribution is -0.122. The van der Waals surface area contributed by atoms with Gasteiger partial charge in [-0.05, 0) is 72.1 Å². The molecule has 1 aliphatic heterocycles. The van der Waals surface area contributed by atoms with Gasteiger partial charge in [-0.2, -0.15) is 0 Å². The van der Waals surface area contributed by atoms with Crippen LogP contribution in [0.5, 0.6) is 5.75 Å². The van der Waals surface area contributed by atoms with Gasteiger partial charge < -0.3 is 4.74 Å². The molecule has 1 saturated heterocycles. The first kappa shape index (κ1) is 20.8. The van der Waals surface area contributed by atoms with E-state index in [1.807, 2.05) is 20.8 Å². The maximum absolute atomic E-state index is 12.9. The number of aryl methyl sites for hydroxylation is 1. The Bertz CT molecular complexity index is 998. The second-order valence-electron chi connectivity index (χ2n) is 6.82. The number of hydrogen-bond donors (Lipinski definition) is 1. The monoisotopic (exact) mass is 456 g/mol. The number of nitrogens with zero attached hydrogens (tertiary/aromatic N) is 1. The molecule has 1 N–H and O–H groups in total. The van der Waals surface area contributed by atoms with Gasteiger partial charge in [-0.3, -0.25) is 14.9 Å². The Morgan fingerprint density at radius 2 is 1.83 bits per heavy atom. The van der Waals surface area contributed by atoms with Crippen LogP contribution in [0, 0.1) is 6.92 Å². The van der Waals surface area contributed by atoms with Gasteiger partial charge in [-0.25, -0.2) is 9.69 Å². The zero-order valence-electron chi connectivity index (χ0n) is 16.4. The number of ether oxygens (including phenoxy) is 1. The van der Waals surface area contributed by atoms with Gasteiger partial charge in [0.25, 0.3) is 11.8 Å². The molecular weight excluding hydrogens is 436 g/mol. The van der Waals surface area contributed by atoms with Gasteiger partial charge in [-0.15, -0.1) is 0 Å². The number of barbiturate groups is 1. The van der Waals surface area contributed by atoms with Gasteiger partial charge in [0.05, 0.1) is 16.3 Å². The average molecular weight is 457 g/mol. The van der Waals surface area contributed by atoms with Gasteiger partial charge in [0.2, 0.25) is 0 Å². The van der Waals surface area contributed by atoms with Crippen LogP contribution in [0.4, 0.5) is 10.5 Å². The molecule has 1 aliphatic rings. The minimum atomic E-state index is -0.764. The van der Waals surface area contributed by atoms with Gasteiger partial charge in [-0.1, -0.05) is 30.7 Å². The minimum Gasteiger partial charge on any atom is -0.490 e. The van der Waals surface area contributed by atoms with E-state index < -0.39 is 17.8 Å². The van der Waals surface area contributed by atoms with Gasteiger partial charge >= 0.3 is 6.03 Å². The summed E-state index contributed by atoms with van der Waals surface area (Å²) in [6, 6.07) is 11.4. The number of urea groups is 1. The molecule has 7 heteroatoms. The molecule has 2 aromatic rings. The van der Waals surface area contributed by atoms with Crippen LogP contribution in [0.15, 0.2) is 52.5 Å². The summed E-state index contributed by atoms with van der Waals surface area (Å²) in [6.45, 7) is 5.92. The van der Waals surface area contributed by atoms with E-state index in [1.165, 1.54) is 6.08 Å². The van der Waals surface area contributed by atoms with Gasteiger partial charge in [0.15, 0.2) is 0 Å². The van der Waals surface area contributed by atoms with Crippen molar-refractivity contribution in [2.45, 2.75) is 33.3 Å². The van der Waals surface area contributed by atoms with Crippen molar-refractivity contribution in [1.82, 2.24) is 5.32 Å². The molecule has 0 unspecified atom stereocenters. The lowest BCUT2D eigenvalue weighted by Gasteiger charge is -2.26. The van der Waals surface area contributed by atoms with E-state index in [2.05, 4.69) is 21.2 Å². The third-order valence-electron chi connectivity index (χ3n) is 4.56. The smallest absolute Gasteiger partial charge is 0.335 e. The number of nitrogens with one attached hydrogen (secondary N) is 1. The number of anilines is 1. The molecule has 0 aromatic heterocycles. The topological polar surface area (TPSA) is 75.7 Å². The summed E-state index contributed by atoms with van der Waals surface area (Å²) in [5, 5.41) is 2.23. The molecule has 0 saturated carbocycles. The second kappa shape index (κ2) is 8.61. The predicted molar refractivity (Wildman–Crippen MR) is 115 cm³/mol. The molecule has 3 rings (SSSR count). The lowest BCUT2D eigenvalue weighted by atomic mass is 10.1. The Morgan fingerprint density at radius 1 is 1.14 bits per heavy atom. The summed E-state index contributed by atoms with van der Waals surface area (Å²) in [7, 11) is 0. The highest BCUT2D eigenvalue weighted by Crippen LogP contribution is 2.29. The van der Waals surface area contributed by atoms with E-state index in [0.29, 0.717) is 21.5 Å². The molecular formula is C22H21BrN2O4. The first-order chi connectivity index (χ1) is 13.8. The first-order valence-corrected chi connectivity index (χ1v) is 10.0. The fourth-order valence-electron chi connectivity index (χ4n) is 2.75. The fraction of sp³-hybridized carbons (Fsp3) is 0.227. The highest BCUT2D eigenvalue weighted by Gasteiger charge is 2.36. The number of imide groups is 2.